The summed E-state index contributed by atoms with van der Waals surface area (Å²) >= 11 is 17.0. The monoisotopic (exact) mass is 347 g/mol. The molecule has 0 bridgehead atoms. The summed E-state index contributed by atoms with van der Waals surface area (Å²) in [6, 6.07) is 7.41. The number of benzene rings is 1. The minimum atomic E-state index is 0.672. The molecule has 1 nitrogen and oxygen atoms in total. The molecule has 1 aromatic heterocycles. The van der Waals surface area contributed by atoms with Gasteiger partial charge in [-0.15, -0.1) is 0 Å². The summed E-state index contributed by atoms with van der Waals surface area (Å²) in [5.74, 6) is 0. The van der Waals surface area contributed by atoms with Gasteiger partial charge in [0.05, 0.1) is 5.02 Å². The zero-order valence-corrected chi connectivity index (χ0v) is 12.8. The van der Waals surface area contributed by atoms with E-state index in [0.29, 0.717) is 10.0 Å². The van der Waals surface area contributed by atoms with Crippen molar-refractivity contribution >= 4 is 50.9 Å². The van der Waals surface area contributed by atoms with Gasteiger partial charge in [0.2, 0.25) is 0 Å². The van der Waals surface area contributed by atoms with Crippen molar-refractivity contribution in [2.45, 2.75) is 16.8 Å². The third kappa shape index (κ3) is 3.38. The molecular weight excluding hydrogens is 341 g/mol. The van der Waals surface area contributed by atoms with E-state index in [1.54, 1.807) is 18.3 Å². The molecule has 1 aromatic carbocycles. The molecule has 0 fully saturated rings. The van der Waals surface area contributed by atoms with E-state index in [4.69, 9.17) is 23.2 Å². The van der Waals surface area contributed by atoms with Crippen LogP contribution in [0.4, 0.5) is 0 Å². The number of hydrogen-bond acceptors (Lipinski definition) is 2. The maximum Gasteiger partial charge on any atom is 0.101 e. The molecule has 0 aliphatic rings. The fraction of sp³-hybridized carbons (Fsp3) is 0.0833. The van der Waals surface area contributed by atoms with Gasteiger partial charge in [0, 0.05) is 20.6 Å². The van der Waals surface area contributed by atoms with Crippen LogP contribution in [0.1, 0.15) is 5.56 Å². The van der Waals surface area contributed by atoms with E-state index >= 15 is 0 Å². The SMILES string of the molecule is Cc1cc(Sc2cc(Cl)ccc2Cl)ncc1Br. The number of aromatic nitrogens is 1. The number of rotatable bonds is 2. The van der Waals surface area contributed by atoms with Gasteiger partial charge in [-0.1, -0.05) is 35.0 Å². The van der Waals surface area contributed by atoms with Crippen LogP contribution in [0.15, 0.2) is 44.9 Å². The van der Waals surface area contributed by atoms with E-state index in [0.717, 1.165) is 20.0 Å². The van der Waals surface area contributed by atoms with Gasteiger partial charge in [0.25, 0.3) is 0 Å². The first-order chi connectivity index (χ1) is 8.06. The first kappa shape index (κ1) is 13.2. The van der Waals surface area contributed by atoms with Crippen LogP contribution in [0, 0.1) is 6.92 Å². The van der Waals surface area contributed by atoms with Crippen molar-refractivity contribution in [3.8, 4) is 0 Å². The predicted molar refractivity (Wildman–Crippen MR) is 77.3 cm³/mol. The molecule has 0 radical (unpaired) electrons. The summed E-state index contributed by atoms with van der Waals surface area (Å²) in [6.07, 6.45) is 1.79. The lowest BCUT2D eigenvalue weighted by Gasteiger charge is -2.05. The molecule has 0 saturated heterocycles. The lowest BCUT2D eigenvalue weighted by molar-refractivity contribution is 1.10. The average Bonchev–Trinajstić information content (AvgIpc) is 2.29. The fourth-order valence-corrected chi connectivity index (χ4v) is 2.84. The highest BCUT2D eigenvalue weighted by molar-refractivity contribution is 9.10. The molecule has 0 amide bonds. The largest absolute Gasteiger partial charge is 0.248 e. The molecule has 0 aliphatic heterocycles. The molecule has 1 heterocycles. The van der Waals surface area contributed by atoms with Crippen LogP contribution in [0.25, 0.3) is 0 Å². The summed E-state index contributed by atoms with van der Waals surface area (Å²) in [7, 11) is 0. The number of aryl methyl sites for hydroxylation is 1. The lowest BCUT2D eigenvalue weighted by atomic mass is 10.3. The van der Waals surface area contributed by atoms with Crippen LogP contribution in [0.3, 0.4) is 0 Å². The van der Waals surface area contributed by atoms with E-state index in [1.165, 1.54) is 11.8 Å². The Morgan fingerprint density at radius 3 is 2.71 bits per heavy atom. The first-order valence-corrected chi connectivity index (χ1v) is 7.18. The first-order valence-electron chi connectivity index (χ1n) is 4.81. The normalized spacial score (nSPS) is 10.6. The Morgan fingerprint density at radius 2 is 2.00 bits per heavy atom. The molecular formula is C12H8BrCl2NS. The fourth-order valence-electron chi connectivity index (χ4n) is 1.24. The van der Waals surface area contributed by atoms with Crippen molar-refractivity contribution in [1.82, 2.24) is 4.98 Å². The second-order valence-electron chi connectivity index (χ2n) is 3.45. The summed E-state index contributed by atoms with van der Waals surface area (Å²) < 4.78 is 0.999. The van der Waals surface area contributed by atoms with Gasteiger partial charge in [0.15, 0.2) is 0 Å². The molecule has 0 atom stereocenters. The summed E-state index contributed by atoms with van der Waals surface area (Å²) in [4.78, 5) is 5.23. The van der Waals surface area contributed by atoms with Crippen LogP contribution < -0.4 is 0 Å². The van der Waals surface area contributed by atoms with Gasteiger partial charge in [-0.25, -0.2) is 4.98 Å². The third-order valence-corrected chi connectivity index (χ3v) is 4.63. The number of halogens is 3. The van der Waals surface area contributed by atoms with Crippen LogP contribution in [-0.4, -0.2) is 4.98 Å². The standard InChI is InChI=1S/C12H8BrCl2NS/c1-7-4-12(16-6-9(7)13)17-11-5-8(14)2-3-10(11)15/h2-6H,1H3. The van der Waals surface area contributed by atoms with Gasteiger partial charge in [-0.2, -0.15) is 0 Å². The van der Waals surface area contributed by atoms with Crippen molar-refractivity contribution in [2.75, 3.05) is 0 Å². The minimum absolute atomic E-state index is 0.672. The van der Waals surface area contributed by atoms with Gasteiger partial charge >= 0.3 is 0 Å². The molecule has 0 saturated carbocycles. The molecule has 0 N–H and O–H groups in total. The van der Waals surface area contributed by atoms with Crippen molar-refractivity contribution in [2.24, 2.45) is 0 Å². The van der Waals surface area contributed by atoms with Gasteiger partial charge in [-0.3, -0.25) is 0 Å². The van der Waals surface area contributed by atoms with Crippen LogP contribution in [0.2, 0.25) is 10.0 Å². The van der Waals surface area contributed by atoms with Crippen LogP contribution >= 0.6 is 50.9 Å². The zero-order chi connectivity index (χ0) is 12.4. The number of hydrogen-bond donors (Lipinski definition) is 0. The molecule has 88 valence electrons. The van der Waals surface area contributed by atoms with Crippen LogP contribution in [-0.2, 0) is 0 Å². The Balaban J connectivity index is 2.31. The second kappa shape index (κ2) is 5.61. The zero-order valence-electron chi connectivity index (χ0n) is 8.88. The quantitative estimate of drug-likeness (QED) is 0.699. The second-order valence-corrected chi connectivity index (χ2v) is 6.21. The van der Waals surface area contributed by atoms with Gasteiger partial charge in [-0.05, 0) is 52.7 Å². The van der Waals surface area contributed by atoms with Crippen molar-refractivity contribution in [1.29, 1.82) is 0 Å². The van der Waals surface area contributed by atoms with E-state index in [2.05, 4.69) is 20.9 Å². The average molecular weight is 349 g/mol. The van der Waals surface area contributed by atoms with Crippen molar-refractivity contribution in [3.05, 3.63) is 50.5 Å². The number of pyridine rings is 1. The Hall–Kier alpha value is -0.220. The maximum atomic E-state index is 6.10. The summed E-state index contributed by atoms with van der Waals surface area (Å²) in [5.41, 5.74) is 1.14. The molecule has 2 aromatic rings. The summed E-state index contributed by atoms with van der Waals surface area (Å²) in [6.45, 7) is 2.02. The molecule has 5 heteroatoms. The topological polar surface area (TPSA) is 12.9 Å². The highest BCUT2D eigenvalue weighted by Crippen LogP contribution is 2.34. The smallest absolute Gasteiger partial charge is 0.101 e. The van der Waals surface area contributed by atoms with Crippen molar-refractivity contribution in [3.63, 3.8) is 0 Å². The minimum Gasteiger partial charge on any atom is -0.248 e. The maximum absolute atomic E-state index is 6.10. The van der Waals surface area contributed by atoms with E-state index in [1.807, 2.05) is 19.1 Å². The predicted octanol–water partition coefficient (Wildman–Crippen LogP) is 5.61. The van der Waals surface area contributed by atoms with E-state index in [9.17, 15) is 0 Å². The van der Waals surface area contributed by atoms with E-state index in [-0.39, 0.29) is 0 Å². The number of nitrogens with zero attached hydrogens (tertiary/aromatic N) is 1. The van der Waals surface area contributed by atoms with E-state index < -0.39 is 0 Å². The molecule has 0 unspecified atom stereocenters. The highest BCUT2D eigenvalue weighted by atomic mass is 79.9. The Bertz CT molecular complexity index is 560. The van der Waals surface area contributed by atoms with Crippen LogP contribution in [0.5, 0.6) is 0 Å². The van der Waals surface area contributed by atoms with Gasteiger partial charge < -0.3 is 0 Å². The molecule has 0 spiro atoms. The van der Waals surface area contributed by atoms with Gasteiger partial charge in [0.1, 0.15) is 5.03 Å². The highest BCUT2D eigenvalue weighted by Gasteiger charge is 2.06. The Labute approximate surface area is 123 Å². The Kier molecular flexibility index (Phi) is 4.36. The molecule has 17 heavy (non-hydrogen) atoms. The lowest BCUT2D eigenvalue weighted by Crippen LogP contribution is -1.84. The summed E-state index contributed by atoms with van der Waals surface area (Å²) in [5, 5.41) is 2.25. The third-order valence-electron chi connectivity index (χ3n) is 2.13. The Morgan fingerprint density at radius 1 is 1.24 bits per heavy atom. The molecule has 0 aliphatic carbocycles. The van der Waals surface area contributed by atoms with Crippen molar-refractivity contribution < 1.29 is 0 Å². The molecule has 2 rings (SSSR count).